The highest BCUT2D eigenvalue weighted by Crippen LogP contribution is 2.28. The summed E-state index contributed by atoms with van der Waals surface area (Å²) in [5.74, 6) is -0.399. The van der Waals surface area contributed by atoms with Crippen LogP contribution < -0.4 is 10.2 Å². The summed E-state index contributed by atoms with van der Waals surface area (Å²) in [7, 11) is 2.94. The Balaban J connectivity index is 1.97. The van der Waals surface area contributed by atoms with Crippen molar-refractivity contribution in [2.75, 3.05) is 58.5 Å². The number of hydrogen-bond donors (Lipinski definition) is 1. The molecular weight excluding hydrogens is 334 g/mol. The van der Waals surface area contributed by atoms with E-state index in [1.165, 1.54) is 7.11 Å². The van der Waals surface area contributed by atoms with E-state index >= 15 is 0 Å². The van der Waals surface area contributed by atoms with Gasteiger partial charge in [-0.15, -0.1) is 0 Å². The second-order valence-electron chi connectivity index (χ2n) is 5.36. The average molecular weight is 356 g/mol. The summed E-state index contributed by atoms with van der Waals surface area (Å²) in [6.45, 7) is 3.42. The van der Waals surface area contributed by atoms with Gasteiger partial charge in [-0.25, -0.2) is 9.59 Å². The molecule has 1 aromatic rings. The van der Waals surface area contributed by atoms with Gasteiger partial charge in [-0.3, -0.25) is 0 Å². The number of amides is 2. The molecule has 2 rings (SSSR count). The normalized spacial score (nSPS) is 14.5. The summed E-state index contributed by atoms with van der Waals surface area (Å²) in [5, 5.41) is 3.38. The van der Waals surface area contributed by atoms with E-state index in [1.807, 2.05) is 0 Å². The van der Waals surface area contributed by atoms with Crippen LogP contribution in [0.25, 0.3) is 0 Å². The van der Waals surface area contributed by atoms with Crippen LogP contribution in [0.3, 0.4) is 0 Å². The smallest absolute Gasteiger partial charge is 0.337 e. The van der Waals surface area contributed by atoms with Crippen molar-refractivity contribution in [1.82, 2.24) is 10.2 Å². The largest absolute Gasteiger partial charge is 0.465 e. The van der Waals surface area contributed by atoms with Gasteiger partial charge in [0.05, 0.1) is 30.0 Å². The molecule has 132 valence electrons. The maximum atomic E-state index is 12.0. The minimum atomic E-state index is -0.399. The van der Waals surface area contributed by atoms with Gasteiger partial charge in [-0.2, -0.15) is 0 Å². The Hall–Kier alpha value is -1.99. The number of nitrogens with zero attached hydrogens (tertiary/aromatic N) is 2. The molecule has 1 aromatic carbocycles. The molecule has 0 bridgehead atoms. The maximum Gasteiger partial charge on any atom is 0.337 e. The fourth-order valence-corrected chi connectivity index (χ4v) is 2.76. The molecule has 0 unspecified atom stereocenters. The molecule has 1 fully saturated rings. The molecular formula is C16H22ClN3O4. The lowest BCUT2D eigenvalue weighted by molar-refractivity contribution is 0.0600. The van der Waals surface area contributed by atoms with Crippen LogP contribution in [0, 0.1) is 0 Å². The lowest BCUT2D eigenvalue weighted by Gasteiger charge is -2.36. The molecule has 0 saturated carbocycles. The number of nitrogens with one attached hydrogen (secondary N) is 1. The van der Waals surface area contributed by atoms with Crippen molar-refractivity contribution in [2.24, 2.45) is 0 Å². The Labute approximate surface area is 146 Å². The van der Waals surface area contributed by atoms with Crippen LogP contribution in [0.5, 0.6) is 0 Å². The van der Waals surface area contributed by atoms with Crippen LogP contribution >= 0.6 is 11.6 Å². The van der Waals surface area contributed by atoms with Gasteiger partial charge in [0.15, 0.2) is 0 Å². The number of carbonyl (C=O) groups excluding carboxylic acids is 2. The fraction of sp³-hybridized carbons (Fsp3) is 0.500. The average Bonchev–Trinajstić information content (AvgIpc) is 2.61. The number of methoxy groups -OCH3 is 2. The number of hydrogen-bond acceptors (Lipinski definition) is 5. The second-order valence-corrected chi connectivity index (χ2v) is 5.76. The summed E-state index contributed by atoms with van der Waals surface area (Å²) in [6.07, 6.45) is 0. The van der Waals surface area contributed by atoms with E-state index in [-0.39, 0.29) is 6.03 Å². The number of piperazine rings is 1. The highest BCUT2D eigenvalue weighted by Gasteiger charge is 2.23. The minimum Gasteiger partial charge on any atom is -0.465 e. The number of benzene rings is 1. The van der Waals surface area contributed by atoms with Crippen LogP contribution in [0.1, 0.15) is 10.4 Å². The molecule has 8 heteroatoms. The number of anilines is 1. The predicted molar refractivity (Wildman–Crippen MR) is 91.9 cm³/mol. The van der Waals surface area contributed by atoms with Gasteiger partial charge >= 0.3 is 12.0 Å². The standard InChI is InChI=1S/C16H22ClN3O4/c1-23-10-5-18-16(22)20-8-6-19(7-9-20)14-11-12(15(21)24-2)3-4-13(14)17/h3-4,11H,5-10H2,1-2H3,(H,18,22). The molecule has 1 saturated heterocycles. The van der Waals surface area contributed by atoms with E-state index in [1.54, 1.807) is 30.2 Å². The number of urea groups is 1. The zero-order valence-corrected chi connectivity index (χ0v) is 14.6. The first-order chi connectivity index (χ1) is 11.6. The summed E-state index contributed by atoms with van der Waals surface area (Å²) >= 11 is 6.26. The van der Waals surface area contributed by atoms with Gasteiger partial charge in [0, 0.05) is 39.8 Å². The Bertz CT molecular complexity index is 589. The van der Waals surface area contributed by atoms with Crippen LogP contribution in [0.2, 0.25) is 5.02 Å². The fourth-order valence-electron chi connectivity index (χ4n) is 2.52. The first kappa shape index (κ1) is 18.4. The Kier molecular flexibility index (Phi) is 6.69. The van der Waals surface area contributed by atoms with Gasteiger partial charge < -0.3 is 24.6 Å². The first-order valence-corrected chi connectivity index (χ1v) is 8.09. The van der Waals surface area contributed by atoms with Gasteiger partial charge in [-0.1, -0.05) is 11.6 Å². The summed E-state index contributed by atoms with van der Waals surface area (Å²) in [6, 6.07) is 4.95. The van der Waals surface area contributed by atoms with Crippen molar-refractivity contribution < 1.29 is 19.1 Å². The third-order valence-corrected chi connectivity index (χ3v) is 4.18. The van der Waals surface area contributed by atoms with Crippen molar-refractivity contribution in [1.29, 1.82) is 0 Å². The van der Waals surface area contributed by atoms with Crippen LogP contribution in [0.4, 0.5) is 10.5 Å². The molecule has 1 aliphatic heterocycles. The van der Waals surface area contributed by atoms with E-state index in [4.69, 9.17) is 21.1 Å². The zero-order valence-electron chi connectivity index (χ0n) is 13.9. The zero-order chi connectivity index (χ0) is 17.5. The van der Waals surface area contributed by atoms with Gasteiger partial charge in [-0.05, 0) is 18.2 Å². The quantitative estimate of drug-likeness (QED) is 0.641. The third kappa shape index (κ3) is 4.52. The van der Waals surface area contributed by atoms with E-state index in [9.17, 15) is 9.59 Å². The van der Waals surface area contributed by atoms with Crippen LogP contribution in [-0.4, -0.2) is 70.5 Å². The molecule has 0 aromatic heterocycles. The highest BCUT2D eigenvalue weighted by molar-refractivity contribution is 6.33. The lowest BCUT2D eigenvalue weighted by Crippen LogP contribution is -2.52. The highest BCUT2D eigenvalue weighted by atomic mass is 35.5. The molecule has 24 heavy (non-hydrogen) atoms. The lowest BCUT2D eigenvalue weighted by atomic mass is 10.1. The van der Waals surface area contributed by atoms with Gasteiger partial charge in [0.1, 0.15) is 0 Å². The number of ether oxygens (including phenoxy) is 2. The third-order valence-electron chi connectivity index (χ3n) is 3.86. The van der Waals surface area contributed by atoms with Gasteiger partial charge in [0.25, 0.3) is 0 Å². The first-order valence-electron chi connectivity index (χ1n) is 7.71. The Morgan fingerprint density at radius 2 is 1.92 bits per heavy atom. The van der Waals surface area contributed by atoms with E-state index in [2.05, 4.69) is 10.2 Å². The molecule has 0 radical (unpaired) electrons. The molecule has 1 N–H and O–H groups in total. The maximum absolute atomic E-state index is 12.0. The monoisotopic (exact) mass is 355 g/mol. The second kappa shape index (κ2) is 8.75. The molecule has 1 heterocycles. The van der Waals surface area contributed by atoms with Crippen LogP contribution in [-0.2, 0) is 9.47 Å². The minimum absolute atomic E-state index is 0.0962. The SMILES string of the molecule is COCCNC(=O)N1CCN(c2cc(C(=O)OC)ccc2Cl)CC1. The number of rotatable bonds is 5. The molecule has 2 amide bonds. The summed E-state index contributed by atoms with van der Waals surface area (Å²) in [4.78, 5) is 27.5. The predicted octanol–water partition coefficient (Wildman–Crippen LogP) is 1.60. The van der Waals surface area contributed by atoms with E-state index in [0.29, 0.717) is 49.9 Å². The Morgan fingerprint density at radius 1 is 1.21 bits per heavy atom. The van der Waals surface area contributed by atoms with Crippen molar-refractivity contribution in [3.63, 3.8) is 0 Å². The van der Waals surface area contributed by atoms with Crippen molar-refractivity contribution in [3.8, 4) is 0 Å². The van der Waals surface area contributed by atoms with Crippen molar-refractivity contribution in [3.05, 3.63) is 28.8 Å². The van der Waals surface area contributed by atoms with Crippen molar-refractivity contribution >= 4 is 29.3 Å². The van der Waals surface area contributed by atoms with Crippen LogP contribution in [0.15, 0.2) is 18.2 Å². The van der Waals surface area contributed by atoms with Gasteiger partial charge in [0.2, 0.25) is 0 Å². The number of carbonyl (C=O) groups is 2. The molecule has 1 aliphatic rings. The van der Waals surface area contributed by atoms with E-state index < -0.39 is 5.97 Å². The molecule has 7 nitrogen and oxygen atoms in total. The topological polar surface area (TPSA) is 71.1 Å². The Morgan fingerprint density at radius 3 is 2.54 bits per heavy atom. The number of halogens is 1. The number of esters is 1. The molecule has 0 spiro atoms. The molecule has 0 atom stereocenters. The summed E-state index contributed by atoms with van der Waals surface area (Å²) < 4.78 is 9.66. The van der Waals surface area contributed by atoms with Crippen molar-refractivity contribution in [2.45, 2.75) is 0 Å². The van der Waals surface area contributed by atoms with E-state index in [0.717, 1.165) is 5.69 Å². The summed E-state index contributed by atoms with van der Waals surface area (Å²) in [5.41, 5.74) is 1.23. The molecule has 0 aliphatic carbocycles.